The van der Waals surface area contributed by atoms with Gasteiger partial charge in [-0.25, -0.2) is 0 Å². The lowest BCUT2D eigenvalue weighted by Gasteiger charge is -2.24. The summed E-state index contributed by atoms with van der Waals surface area (Å²) in [7, 11) is 0. The minimum absolute atomic E-state index is 0.00232. The van der Waals surface area contributed by atoms with E-state index in [1.807, 2.05) is 19.1 Å². The SMILES string of the molecule is CC1CC=CC(OC2=CCC(COS)O2)O1. The molecule has 0 fully saturated rings. The van der Waals surface area contributed by atoms with Crippen LogP contribution in [-0.2, 0) is 18.4 Å². The molecule has 0 aromatic rings. The molecule has 5 heteroatoms. The Bertz CT molecular complexity index is 290. The van der Waals surface area contributed by atoms with Gasteiger partial charge in [0.2, 0.25) is 6.29 Å². The molecular formula is C11H16O4S. The number of hydrogen-bond acceptors (Lipinski definition) is 5. The monoisotopic (exact) mass is 244 g/mol. The van der Waals surface area contributed by atoms with Gasteiger partial charge in [-0.2, -0.15) is 0 Å². The third kappa shape index (κ3) is 3.17. The summed E-state index contributed by atoms with van der Waals surface area (Å²) in [5, 5.41) is 0. The zero-order valence-corrected chi connectivity index (χ0v) is 10.1. The van der Waals surface area contributed by atoms with Crippen LogP contribution in [0.1, 0.15) is 19.8 Å². The molecule has 16 heavy (non-hydrogen) atoms. The highest BCUT2D eigenvalue weighted by Gasteiger charge is 2.23. The van der Waals surface area contributed by atoms with Gasteiger partial charge in [0.05, 0.1) is 12.7 Å². The molecule has 0 radical (unpaired) electrons. The Hall–Kier alpha value is -0.650. The van der Waals surface area contributed by atoms with Crippen molar-refractivity contribution in [2.24, 2.45) is 0 Å². The van der Waals surface area contributed by atoms with Gasteiger partial charge in [-0.3, -0.25) is 0 Å². The predicted molar refractivity (Wildman–Crippen MR) is 61.7 cm³/mol. The fraction of sp³-hybridized carbons (Fsp3) is 0.636. The van der Waals surface area contributed by atoms with E-state index in [0.29, 0.717) is 12.6 Å². The van der Waals surface area contributed by atoms with Crippen molar-refractivity contribution < 1.29 is 18.4 Å². The van der Waals surface area contributed by atoms with Gasteiger partial charge < -0.3 is 18.4 Å². The molecule has 0 aliphatic carbocycles. The summed E-state index contributed by atoms with van der Waals surface area (Å²) < 4.78 is 21.3. The van der Waals surface area contributed by atoms with Crippen LogP contribution in [-0.4, -0.2) is 25.1 Å². The average molecular weight is 244 g/mol. The van der Waals surface area contributed by atoms with Gasteiger partial charge in [0.15, 0.2) is 0 Å². The van der Waals surface area contributed by atoms with E-state index in [1.165, 1.54) is 0 Å². The van der Waals surface area contributed by atoms with Crippen LogP contribution < -0.4 is 0 Å². The van der Waals surface area contributed by atoms with Gasteiger partial charge >= 0.3 is 0 Å². The van der Waals surface area contributed by atoms with E-state index in [4.69, 9.17) is 18.4 Å². The topological polar surface area (TPSA) is 36.9 Å². The summed E-state index contributed by atoms with van der Waals surface area (Å²) in [6.45, 7) is 2.46. The lowest BCUT2D eigenvalue weighted by molar-refractivity contribution is -0.153. The highest BCUT2D eigenvalue weighted by atomic mass is 32.1. The normalized spacial score (nSPS) is 33.4. The van der Waals surface area contributed by atoms with Crippen molar-refractivity contribution in [3.63, 3.8) is 0 Å². The molecule has 4 nitrogen and oxygen atoms in total. The Labute approximate surface area is 101 Å². The van der Waals surface area contributed by atoms with Gasteiger partial charge in [-0.1, -0.05) is 6.08 Å². The molecule has 0 aromatic heterocycles. The highest BCUT2D eigenvalue weighted by molar-refractivity contribution is 7.75. The van der Waals surface area contributed by atoms with Gasteiger partial charge in [0, 0.05) is 12.5 Å². The summed E-state index contributed by atoms with van der Waals surface area (Å²) in [6, 6.07) is 0. The first kappa shape index (κ1) is 11.8. The fourth-order valence-corrected chi connectivity index (χ4v) is 1.81. The maximum atomic E-state index is 5.57. The Morgan fingerprint density at radius 2 is 2.38 bits per heavy atom. The van der Waals surface area contributed by atoms with Crippen molar-refractivity contribution in [2.45, 2.75) is 38.3 Å². The Morgan fingerprint density at radius 3 is 3.12 bits per heavy atom. The van der Waals surface area contributed by atoms with Crippen LogP contribution in [0.4, 0.5) is 0 Å². The molecule has 3 unspecified atom stereocenters. The smallest absolute Gasteiger partial charge is 0.277 e. The number of ether oxygens (including phenoxy) is 3. The van der Waals surface area contributed by atoms with Crippen molar-refractivity contribution in [3.05, 3.63) is 24.2 Å². The summed E-state index contributed by atoms with van der Waals surface area (Å²) in [5.41, 5.74) is 0. The third-order valence-electron chi connectivity index (χ3n) is 2.45. The maximum Gasteiger partial charge on any atom is 0.277 e. The Balaban J connectivity index is 1.78. The van der Waals surface area contributed by atoms with Crippen LogP contribution in [0.15, 0.2) is 24.2 Å². The lowest BCUT2D eigenvalue weighted by atomic mass is 10.2. The summed E-state index contributed by atoms with van der Waals surface area (Å²) >= 11 is 3.69. The molecule has 0 saturated carbocycles. The van der Waals surface area contributed by atoms with E-state index in [9.17, 15) is 0 Å². The molecule has 3 atom stereocenters. The first-order valence-electron chi connectivity index (χ1n) is 5.40. The van der Waals surface area contributed by atoms with Gasteiger partial charge in [0.1, 0.15) is 6.10 Å². The molecule has 0 N–H and O–H groups in total. The second-order valence-corrected chi connectivity index (χ2v) is 4.15. The van der Waals surface area contributed by atoms with Crippen molar-refractivity contribution >= 4 is 12.9 Å². The van der Waals surface area contributed by atoms with E-state index in [0.717, 1.165) is 12.8 Å². The van der Waals surface area contributed by atoms with Crippen LogP contribution >= 0.6 is 12.9 Å². The quantitative estimate of drug-likeness (QED) is 0.467. The largest absolute Gasteiger partial charge is 0.459 e. The molecule has 90 valence electrons. The van der Waals surface area contributed by atoms with Crippen molar-refractivity contribution in [1.82, 2.24) is 0 Å². The lowest BCUT2D eigenvalue weighted by Crippen LogP contribution is -2.24. The third-order valence-corrected chi connectivity index (χ3v) is 2.60. The van der Waals surface area contributed by atoms with Crippen LogP contribution in [0.3, 0.4) is 0 Å². The number of thiol groups is 1. The maximum absolute atomic E-state index is 5.57. The minimum atomic E-state index is -0.342. The average Bonchev–Trinajstić information content (AvgIpc) is 2.66. The van der Waals surface area contributed by atoms with Gasteiger partial charge in [0.25, 0.3) is 5.95 Å². The number of hydrogen-bond donors (Lipinski definition) is 1. The van der Waals surface area contributed by atoms with E-state index in [-0.39, 0.29) is 18.5 Å². The molecule has 2 rings (SSSR count). The van der Waals surface area contributed by atoms with E-state index in [2.05, 4.69) is 19.0 Å². The fourth-order valence-electron chi connectivity index (χ4n) is 1.64. The minimum Gasteiger partial charge on any atom is -0.459 e. The second kappa shape index (κ2) is 5.61. The zero-order valence-electron chi connectivity index (χ0n) is 9.17. The standard InChI is InChI=1S/C11H16O4S/c1-8-3-2-4-10(13-8)15-11-6-5-9(14-11)7-12-16/h2,4,6,8-10,16H,3,5,7H2,1H3. The van der Waals surface area contributed by atoms with Crippen LogP contribution in [0.25, 0.3) is 0 Å². The Morgan fingerprint density at radius 1 is 1.50 bits per heavy atom. The molecular weight excluding hydrogens is 228 g/mol. The van der Waals surface area contributed by atoms with E-state index < -0.39 is 0 Å². The molecule has 0 spiro atoms. The molecule has 2 heterocycles. The molecule has 0 bridgehead atoms. The second-order valence-electron chi connectivity index (χ2n) is 3.89. The van der Waals surface area contributed by atoms with E-state index in [1.54, 1.807) is 0 Å². The summed E-state index contributed by atoms with van der Waals surface area (Å²) in [6.07, 6.45) is 7.40. The highest BCUT2D eigenvalue weighted by Crippen LogP contribution is 2.22. The first-order chi connectivity index (χ1) is 7.78. The molecule has 0 aromatic carbocycles. The van der Waals surface area contributed by atoms with E-state index >= 15 is 0 Å². The first-order valence-corrected chi connectivity index (χ1v) is 5.76. The summed E-state index contributed by atoms with van der Waals surface area (Å²) in [5.74, 6) is 0.513. The van der Waals surface area contributed by atoms with Crippen LogP contribution in [0.5, 0.6) is 0 Å². The predicted octanol–water partition coefficient (Wildman–Crippen LogP) is 2.19. The molecule has 2 aliphatic rings. The molecule has 2 aliphatic heterocycles. The number of rotatable bonds is 4. The Kier molecular flexibility index (Phi) is 4.15. The molecule has 0 saturated heterocycles. The van der Waals surface area contributed by atoms with Crippen LogP contribution in [0.2, 0.25) is 0 Å². The van der Waals surface area contributed by atoms with Crippen LogP contribution in [0, 0.1) is 0 Å². The van der Waals surface area contributed by atoms with Gasteiger partial charge in [-0.05, 0) is 32.3 Å². The van der Waals surface area contributed by atoms with Crippen molar-refractivity contribution in [3.8, 4) is 0 Å². The molecule has 0 amide bonds. The van der Waals surface area contributed by atoms with Crippen molar-refractivity contribution in [2.75, 3.05) is 6.61 Å². The van der Waals surface area contributed by atoms with Crippen molar-refractivity contribution in [1.29, 1.82) is 0 Å². The van der Waals surface area contributed by atoms with Gasteiger partial charge in [-0.15, -0.1) is 0 Å². The zero-order chi connectivity index (χ0) is 11.4. The summed E-state index contributed by atoms with van der Waals surface area (Å²) in [4.78, 5) is 0.